The first-order chi connectivity index (χ1) is 17.0. The zero-order valence-corrected chi connectivity index (χ0v) is 19.1. The molecule has 0 bridgehead atoms. The summed E-state index contributed by atoms with van der Waals surface area (Å²) < 4.78 is 8.72. The van der Waals surface area contributed by atoms with E-state index in [0.29, 0.717) is 23.5 Å². The van der Waals surface area contributed by atoms with Crippen LogP contribution in [0.2, 0.25) is 0 Å². The Bertz CT molecular complexity index is 1340. The third kappa shape index (κ3) is 4.09. The van der Waals surface area contributed by atoms with Gasteiger partial charge < -0.3 is 25.6 Å². The van der Waals surface area contributed by atoms with Gasteiger partial charge in [0.1, 0.15) is 12.2 Å². The maximum absolute atomic E-state index is 12.1. The van der Waals surface area contributed by atoms with Gasteiger partial charge in [0.15, 0.2) is 29.3 Å². The topological polar surface area (TPSA) is 165 Å². The van der Waals surface area contributed by atoms with Gasteiger partial charge in [-0.25, -0.2) is 9.67 Å². The van der Waals surface area contributed by atoms with Crippen molar-refractivity contribution in [3.63, 3.8) is 0 Å². The Kier molecular flexibility index (Phi) is 6.11. The third-order valence-electron chi connectivity index (χ3n) is 5.72. The number of ether oxygens (including phenoxy) is 1. The summed E-state index contributed by atoms with van der Waals surface area (Å²) in [6.07, 6.45) is 2.33. The Hall–Kier alpha value is -3.94. The van der Waals surface area contributed by atoms with E-state index in [-0.39, 0.29) is 5.95 Å². The lowest BCUT2D eigenvalue weighted by atomic mass is 10.1. The van der Waals surface area contributed by atoms with Gasteiger partial charge in [0.05, 0.1) is 18.2 Å². The van der Waals surface area contributed by atoms with E-state index in [4.69, 9.17) is 4.74 Å². The molecule has 0 aromatic carbocycles. The van der Waals surface area contributed by atoms with Crippen LogP contribution in [-0.2, 0) is 9.53 Å². The molecule has 0 saturated carbocycles. The van der Waals surface area contributed by atoms with Crippen molar-refractivity contribution in [2.24, 2.45) is 0 Å². The highest BCUT2D eigenvalue weighted by molar-refractivity contribution is 5.84. The molecule has 1 aliphatic heterocycles. The van der Waals surface area contributed by atoms with E-state index in [2.05, 4.69) is 35.7 Å². The van der Waals surface area contributed by atoms with E-state index in [9.17, 15) is 15.0 Å². The zero-order valence-electron chi connectivity index (χ0n) is 19.1. The first-order valence-electron chi connectivity index (χ1n) is 11.2. The van der Waals surface area contributed by atoms with Crippen molar-refractivity contribution >= 4 is 22.9 Å². The molecule has 1 fully saturated rings. The largest absolute Gasteiger partial charge is 0.387 e. The molecule has 1 amide bonds. The zero-order chi connectivity index (χ0) is 24.5. The number of carbonyl (C=O) groups excluding carboxylic acids is 1. The molecular formula is C22H25N9O4. The van der Waals surface area contributed by atoms with Gasteiger partial charge in [0, 0.05) is 31.5 Å². The molecule has 4 aromatic rings. The van der Waals surface area contributed by atoms with Gasteiger partial charge in [-0.3, -0.25) is 14.3 Å². The fourth-order valence-electron chi connectivity index (χ4n) is 3.91. The molecule has 4 aromatic heterocycles. The third-order valence-corrected chi connectivity index (χ3v) is 5.72. The number of aliphatic hydroxyl groups excluding tert-OH is 2. The number of nitrogens with one attached hydrogen (secondary N) is 2. The summed E-state index contributed by atoms with van der Waals surface area (Å²) in [5, 5.41) is 31.1. The molecule has 0 aliphatic carbocycles. The van der Waals surface area contributed by atoms with Crippen molar-refractivity contribution in [1.29, 1.82) is 0 Å². The molecule has 13 heteroatoms. The number of hydrogen-bond donors (Lipinski definition) is 4. The fourth-order valence-corrected chi connectivity index (χ4v) is 3.91. The summed E-state index contributed by atoms with van der Waals surface area (Å²) in [7, 11) is 1.43. The van der Waals surface area contributed by atoms with E-state index in [1.54, 1.807) is 18.6 Å². The Morgan fingerprint density at radius 1 is 1.20 bits per heavy atom. The van der Waals surface area contributed by atoms with Crippen LogP contribution in [0.3, 0.4) is 0 Å². The average Bonchev–Trinajstić information content (AvgIpc) is 3.61. The quantitative estimate of drug-likeness (QED) is 0.289. The van der Waals surface area contributed by atoms with Crippen molar-refractivity contribution in [2.45, 2.75) is 37.9 Å². The molecule has 1 saturated heterocycles. The monoisotopic (exact) mass is 479 g/mol. The van der Waals surface area contributed by atoms with Gasteiger partial charge in [0.2, 0.25) is 0 Å². The van der Waals surface area contributed by atoms with Crippen molar-refractivity contribution in [3.05, 3.63) is 43.1 Å². The van der Waals surface area contributed by atoms with Crippen LogP contribution in [0, 0.1) is 0 Å². The van der Waals surface area contributed by atoms with Gasteiger partial charge in [-0.05, 0) is 18.6 Å². The highest BCUT2D eigenvalue weighted by atomic mass is 16.6. The van der Waals surface area contributed by atoms with Crippen LogP contribution in [0.5, 0.6) is 0 Å². The summed E-state index contributed by atoms with van der Waals surface area (Å²) in [5.74, 6) is 0.204. The second-order valence-electron chi connectivity index (χ2n) is 8.05. The van der Waals surface area contributed by atoms with Crippen LogP contribution in [0.25, 0.3) is 28.4 Å². The summed E-state index contributed by atoms with van der Waals surface area (Å²) in [6.45, 7) is 2.68. The van der Waals surface area contributed by atoms with Crippen molar-refractivity contribution < 1.29 is 19.7 Å². The normalized spacial score (nSPS) is 21.9. The summed E-state index contributed by atoms with van der Waals surface area (Å²) in [6, 6.07) is 5.60. The van der Waals surface area contributed by atoms with Gasteiger partial charge in [-0.1, -0.05) is 13.0 Å². The van der Waals surface area contributed by atoms with E-state index in [1.807, 2.05) is 25.1 Å². The number of aliphatic hydroxyl groups is 2. The van der Waals surface area contributed by atoms with E-state index >= 15 is 0 Å². The molecule has 1 unspecified atom stereocenters. The molecule has 35 heavy (non-hydrogen) atoms. The predicted octanol–water partition coefficient (Wildman–Crippen LogP) is 0.261. The number of pyridine rings is 1. The number of aromatic nitrogens is 7. The van der Waals surface area contributed by atoms with Gasteiger partial charge in [0.25, 0.3) is 11.9 Å². The van der Waals surface area contributed by atoms with Crippen LogP contribution < -0.4 is 10.6 Å². The first-order valence-corrected chi connectivity index (χ1v) is 11.2. The van der Waals surface area contributed by atoms with Gasteiger partial charge in [-0.2, -0.15) is 15.1 Å². The van der Waals surface area contributed by atoms with Crippen LogP contribution in [0.4, 0.5) is 5.82 Å². The van der Waals surface area contributed by atoms with Gasteiger partial charge in [-0.15, -0.1) is 0 Å². The van der Waals surface area contributed by atoms with E-state index in [0.717, 1.165) is 17.7 Å². The van der Waals surface area contributed by atoms with Gasteiger partial charge >= 0.3 is 0 Å². The number of amides is 1. The number of hydrogen-bond acceptors (Lipinski definition) is 10. The standard InChI is InChI=1S/C22H25N9O4/c1-3-7-25-18-14-19(30(11-26-14)21-16(33)15(32)17(35-21)20(34)23-2)29-22(28-18)31-10-12(9-27-31)13-6-4-5-8-24-13/h4-6,8-11,15-17,21,32-33H,3,7H2,1-2H3,(H,23,34)(H,25,28,29)/t15-,16+,17-,21?/m0/s1. The van der Waals surface area contributed by atoms with Crippen molar-refractivity contribution in [2.75, 3.05) is 18.9 Å². The molecule has 182 valence electrons. The smallest absolute Gasteiger partial charge is 0.254 e. The molecular weight excluding hydrogens is 454 g/mol. The number of likely N-dealkylation sites (N-methyl/N-ethyl adjacent to an activating group) is 1. The number of anilines is 1. The van der Waals surface area contributed by atoms with Crippen molar-refractivity contribution in [1.82, 2.24) is 39.6 Å². The molecule has 1 aliphatic rings. The highest BCUT2D eigenvalue weighted by Crippen LogP contribution is 2.33. The SMILES string of the molecule is CCCNc1nc(-n2cc(-c3ccccn3)cn2)nc2c1ncn2C1O[C@H](C(=O)NC)[C@@H](O)[C@H]1O. The fraction of sp³-hybridized carbons (Fsp3) is 0.364. The number of carbonyl (C=O) groups is 1. The van der Waals surface area contributed by atoms with Crippen LogP contribution in [0.1, 0.15) is 19.6 Å². The average molecular weight is 480 g/mol. The van der Waals surface area contributed by atoms with Crippen molar-refractivity contribution in [3.8, 4) is 17.2 Å². The maximum atomic E-state index is 12.1. The second-order valence-corrected chi connectivity index (χ2v) is 8.05. The minimum atomic E-state index is -1.41. The molecule has 4 N–H and O–H groups in total. The lowest BCUT2D eigenvalue weighted by Crippen LogP contribution is -2.41. The molecule has 0 radical (unpaired) electrons. The number of nitrogens with zero attached hydrogens (tertiary/aromatic N) is 7. The second kappa shape index (κ2) is 9.37. The lowest BCUT2D eigenvalue weighted by molar-refractivity contribution is -0.137. The Morgan fingerprint density at radius 2 is 2.06 bits per heavy atom. The number of rotatable bonds is 7. The molecule has 4 atom stereocenters. The van der Waals surface area contributed by atoms with Crippen LogP contribution in [0.15, 0.2) is 43.1 Å². The minimum absolute atomic E-state index is 0.260. The Balaban J connectivity index is 1.58. The highest BCUT2D eigenvalue weighted by Gasteiger charge is 2.47. The molecule has 0 spiro atoms. The summed E-state index contributed by atoms with van der Waals surface area (Å²) in [4.78, 5) is 30.1. The number of imidazole rings is 1. The van der Waals surface area contributed by atoms with Crippen LogP contribution >= 0.6 is 0 Å². The molecule has 5 heterocycles. The van der Waals surface area contributed by atoms with E-state index in [1.165, 1.54) is 22.6 Å². The lowest BCUT2D eigenvalue weighted by Gasteiger charge is -2.17. The van der Waals surface area contributed by atoms with E-state index < -0.39 is 30.4 Å². The predicted molar refractivity (Wildman–Crippen MR) is 124 cm³/mol. The molecule has 13 nitrogen and oxygen atoms in total. The maximum Gasteiger partial charge on any atom is 0.254 e. The number of fused-ring (bicyclic) bond motifs is 1. The first kappa shape index (κ1) is 22.8. The summed E-state index contributed by atoms with van der Waals surface area (Å²) >= 11 is 0. The summed E-state index contributed by atoms with van der Waals surface area (Å²) in [5.41, 5.74) is 2.34. The Labute approximate surface area is 199 Å². The minimum Gasteiger partial charge on any atom is -0.387 e. The Morgan fingerprint density at radius 3 is 2.80 bits per heavy atom. The molecule has 5 rings (SSSR count). The van der Waals surface area contributed by atoms with Crippen LogP contribution in [-0.4, -0.2) is 82.3 Å².